The first-order valence-electron chi connectivity index (χ1n) is 7.27. The van der Waals surface area contributed by atoms with Gasteiger partial charge in [0.1, 0.15) is 5.01 Å². The van der Waals surface area contributed by atoms with Crippen LogP contribution >= 0.6 is 11.3 Å². The van der Waals surface area contributed by atoms with E-state index in [1.807, 2.05) is 6.07 Å². The van der Waals surface area contributed by atoms with Gasteiger partial charge in [0.2, 0.25) is 0 Å². The Kier molecular flexibility index (Phi) is 4.45. The Labute approximate surface area is 124 Å². The van der Waals surface area contributed by atoms with Gasteiger partial charge < -0.3 is 5.73 Å². The molecule has 0 saturated carbocycles. The van der Waals surface area contributed by atoms with Crippen molar-refractivity contribution in [1.82, 2.24) is 9.88 Å². The van der Waals surface area contributed by atoms with Gasteiger partial charge in [-0.05, 0) is 38.4 Å². The zero-order valence-electron chi connectivity index (χ0n) is 11.7. The molecular formula is C16H21N3S. The summed E-state index contributed by atoms with van der Waals surface area (Å²) < 4.78 is 0. The highest BCUT2D eigenvalue weighted by Gasteiger charge is 2.18. The molecule has 3 rings (SSSR count). The summed E-state index contributed by atoms with van der Waals surface area (Å²) in [4.78, 5) is 7.26. The maximum Gasteiger partial charge on any atom is 0.123 e. The molecule has 1 aliphatic heterocycles. The highest BCUT2D eigenvalue weighted by Crippen LogP contribution is 2.25. The predicted octanol–water partition coefficient (Wildman–Crippen LogP) is 2.98. The Morgan fingerprint density at radius 3 is 2.65 bits per heavy atom. The molecule has 0 bridgehead atoms. The molecule has 1 saturated heterocycles. The number of nitrogens with two attached hydrogens (primary N) is 1. The first-order valence-corrected chi connectivity index (χ1v) is 8.15. The number of thiazole rings is 1. The molecule has 0 unspecified atom stereocenters. The maximum absolute atomic E-state index is 5.74. The topological polar surface area (TPSA) is 42.1 Å². The van der Waals surface area contributed by atoms with Crippen molar-refractivity contribution in [2.24, 2.45) is 11.7 Å². The number of nitrogens with zero attached hydrogens (tertiary/aromatic N) is 2. The zero-order chi connectivity index (χ0) is 13.8. The van der Waals surface area contributed by atoms with Gasteiger partial charge in [-0.1, -0.05) is 30.3 Å². The minimum absolute atomic E-state index is 0.724. The van der Waals surface area contributed by atoms with Crippen LogP contribution in [0.25, 0.3) is 10.6 Å². The van der Waals surface area contributed by atoms with Crippen molar-refractivity contribution in [2.75, 3.05) is 19.6 Å². The highest BCUT2D eigenvalue weighted by atomic mass is 32.1. The lowest BCUT2D eigenvalue weighted by atomic mass is 9.97. The lowest BCUT2D eigenvalue weighted by molar-refractivity contribution is 0.179. The summed E-state index contributed by atoms with van der Waals surface area (Å²) >= 11 is 1.74. The number of benzene rings is 1. The van der Waals surface area contributed by atoms with E-state index in [9.17, 15) is 0 Å². The second kappa shape index (κ2) is 6.48. The lowest BCUT2D eigenvalue weighted by Crippen LogP contribution is -2.35. The molecule has 4 heteroatoms. The van der Waals surface area contributed by atoms with Crippen molar-refractivity contribution < 1.29 is 0 Å². The molecule has 1 fully saturated rings. The van der Waals surface area contributed by atoms with Crippen molar-refractivity contribution in [2.45, 2.75) is 19.4 Å². The van der Waals surface area contributed by atoms with Gasteiger partial charge in [-0.2, -0.15) is 0 Å². The summed E-state index contributed by atoms with van der Waals surface area (Å²) in [5.74, 6) is 0.724. The van der Waals surface area contributed by atoms with Gasteiger partial charge in [-0.15, -0.1) is 11.3 Å². The molecule has 0 spiro atoms. The van der Waals surface area contributed by atoms with Crippen LogP contribution in [0.2, 0.25) is 0 Å². The summed E-state index contributed by atoms with van der Waals surface area (Å²) in [6, 6.07) is 10.4. The number of hydrogen-bond acceptors (Lipinski definition) is 4. The van der Waals surface area contributed by atoms with Crippen LogP contribution in [0, 0.1) is 5.92 Å². The average Bonchev–Trinajstić information content (AvgIpc) is 2.97. The summed E-state index contributed by atoms with van der Waals surface area (Å²) in [5, 5.41) is 3.31. The SMILES string of the molecule is NCC1CCN(Cc2csc(-c3ccccc3)n2)CC1. The molecule has 106 valence electrons. The largest absolute Gasteiger partial charge is 0.330 e. The highest BCUT2D eigenvalue weighted by molar-refractivity contribution is 7.13. The molecule has 0 aliphatic carbocycles. The minimum Gasteiger partial charge on any atom is -0.330 e. The number of rotatable bonds is 4. The Balaban J connectivity index is 1.61. The van der Waals surface area contributed by atoms with E-state index in [2.05, 4.69) is 34.5 Å². The molecule has 1 aliphatic rings. The first-order chi connectivity index (χ1) is 9.85. The number of hydrogen-bond donors (Lipinski definition) is 1. The molecule has 1 aromatic heterocycles. The van der Waals surface area contributed by atoms with Crippen molar-refractivity contribution in [3.05, 3.63) is 41.4 Å². The summed E-state index contributed by atoms with van der Waals surface area (Å²) in [6.45, 7) is 4.11. The van der Waals surface area contributed by atoms with Crippen molar-refractivity contribution in [3.63, 3.8) is 0 Å². The number of aromatic nitrogens is 1. The van der Waals surface area contributed by atoms with Crippen molar-refractivity contribution in [3.8, 4) is 10.6 Å². The third-order valence-electron chi connectivity index (χ3n) is 4.00. The van der Waals surface area contributed by atoms with Crippen LogP contribution in [-0.4, -0.2) is 29.5 Å². The third-order valence-corrected chi connectivity index (χ3v) is 4.94. The quantitative estimate of drug-likeness (QED) is 0.940. The van der Waals surface area contributed by atoms with E-state index in [4.69, 9.17) is 10.7 Å². The van der Waals surface area contributed by atoms with Crippen molar-refractivity contribution in [1.29, 1.82) is 0 Å². The Morgan fingerprint density at radius 2 is 1.95 bits per heavy atom. The maximum atomic E-state index is 5.74. The standard InChI is InChI=1S/C16H21N3S/c17-10-13-6-8-19(9-7-13)11-15-12-20-16(18-15)14-4-2-1-3-5-14/h1-5,12-13H,6-11,17H2. The van der Waals surface area contributed by atoms with Gasteiger partial charge in [0.15, 0.2) is 0 Å². The molecule has 2 heterocycles. The van der Waals surface area contributed by atoms with Gasteiger partial charge in [0.25, 0.3) is 0 Å². The van der Waals surface area contributed by atoms with E-state index >= 15 is 0 Å². The molecule has 1 aromatic carbocycles. The normalized spacial score (nSPS) is 17.4. The molecule has 20 heavy (non-hydrogen) atoms. The van der Waals surface area contributed by atoms with Crippen LogP contribution in [0.5, 0.6) is 0 Å². The van der Waals surface area contributed by atoms with Gasteiger partial charge >= 0.3 is 0 Å². The van der Waals surface area contributed by atoms with Crippen LogP contribution in [0.4, 0.5) is 0 Å². The molecule has 0 radical (unpaired) electrons. The molecule has 0 amide bonds. The van der Waals surface area contributed by atoms with E-state index < -0.39 is 0 Å². The van der Waals surface area contributed by atoms with Crippen LogP contribution in [-0.2, 0) is 6.54 Å². The fourth-order valence-electron chi connectivity index (χ4n) is 2.70. The number of likely N-dealkylation sites (tertiary alicyclic amines) is 1. The zero-order valence-corrected chi connectivity index (χ0v) is 12.5. The molecule has 0 atom stereocenters. The Morgan fingerprint density at radius 1 is 1.20 bits per heavy atom. The van der Waals surface area contributed by atoms with E-state index in [-0.39, 0.29) is 0 Å². The first kappa shape index (κ1) is 13.7. The monoisotopic (exact) mass is 287 g/mol. The molecule has 3 nitrogen and oxygen atoms in total. The van der Waals surface area contributed by atoms with E-state index in [0.717, 1.165) is 37.1 Å². The van der Waals surface area contributed by atoms with Crippen LogP contribution in [0.15, 0.2) is 35.7 Å². The smallest absolute Gasteiger partial charge is 0.123 e. The van der Waals surface area contributed by atoms with E-state index in [0.29, 0.717) is 0 Å². The van der Waals surface area contributed by atoms with Crippen LogP contribution in [0.1, 0.15) is 18.5 Å². The second-order valence-electron chi connectivity index (χ2n) is 5.47. The summed E-state index contributed by atoms with van der Waals surface area (Å²) in [7, 11) is 0. The average molecular weight is 287 g/mol. The van der Waals surface area contributed by atoms with Gasteiger partial charge in [0, 0.05) is 17.5 Å². The van der Waals surface area contributed by atoms with Crippen molar-refractivity contribution >= 4 is 11.3 Å². The second-order valence-corrected chi connectivity index (χ2v) is 6.32. The van der Waals surface area contributed by atoms with E-state index in [1.165, 1.54) is 24.1 Å². The van der Waals surface area contributed by atoms with E-state index in [1.54, 1.807) is 11.3 Å². The Hall–Kier alpha value is -1.23. The third kappa shape index (κ3) is 3.26. The fraction of sp³-hybridized carbons (Fsp3) is 0.438. The Bertz CT molecular complexity index is 530. The summed E-state index contributed by atoms with van der Waals surface area (Å²) in [6.07, 6.45) is 2.46. The molecule has 2 N–H and O–H groups in total. The fourth-order valence-corrected chi connectivity index (χ4v) is 3.52. The van der Waals surface area contributed by atoms with Gasteiger partial charge in [0.05, 0.1) is 5.69 Å². The summed E-state index contributed by atoms with van der Waals surface area (Å²) in [5.41, 5.74) is 8.15. The number of piperidine rings is 1. The minimum atomic E-state index is 0.724. The van der Waals surface area contributed by atoms with Crippen LogP contribution in [0.3, 0.4) is 0 Å². The molecular weight excluding hydrogens is 266 g/mol. The van der Waals surface area contributed by atoms with Gasteiger partial charge in [-0.3, -0.25) is 4.90 Å². The van der Waals surface area contributed by atoms with Gasteiger partial charge in [-0.25, -0.2) is 4.98 Å². The predicted molar refractivity (Wildman–Crippen MR) is 84.6 cm³/mol. The van der Waals surface area contributed by atoms with Crippen LogP contribution < -0.4 is 5.73 Å². The lowest BCUT2D eigenvalue weighted by Gasteiger charge is -2.30. The molecule has 2 aromatic rings.